The first-order chi connectivity index (χ1) is 25.9. The fourth-order valence-corrected chi connectivity index (χ4v) is 12.6. The van der Waals surface area contributed by atoms with Crippen molar-refractivity contribution >= 4 is 64.6 Å². The van der Waals surface area contributed by atoms with E-state index in [0.29, 0.717) is 29.0 Å². The van der Waals surface area contributed by atoms with Crippen molar-refractivity contribution in [1.82, 2.24) is 4.90 Å². The van der Waals surface area contributed by atoms with Crippen molar-refractivity contribution in [3.05, 3.63) is 162 Å². The summed E-state index contributed by atoms with van der Waals surface area (Å²) < 4.78 is 11.3. The van der Waals surface area contributed by atoms with Crippen molar-refractivity contribution < 1.29 is 47.8 Å². The molecule has 8 nitrogen and oxygen atoms in total. The highest BCUT2D eigenvalue weighted by Gasteiger charge is 2.56. The number of nitrogens with zero attached hydrogens (tertiary/aromatic N) is 2. The van der Waals surface area contributed by atoms with Crippen LogP contribution in [0.2, 0.25) is 0 Å². The van der Waals surface area contributed by atoms with Crippen molar-refractivity contribution in [2.24, 2.45) is 4.99 Å². The summed E-state index contributed by atoms with van der Waals surface area (Å²) in [5.41, 5.74) is 3.47. The minimum atomic E-state index is -2.39. The van der Waals surface area contributed by atoms with E-state index >= 15 is 0 Å². The molecule has 0 saturated carbocycles. The van der Waals surface area contributed by atoms with Gasteiger partial charge in [0.1, 0.15) is 46.6 Å². The fraction of sp³-hybridized carbons (Fsp3) is 0.163. The monoisotopic (exact) mass is 867 g/mol. The lowest BCUT2D eigenvalue weighted by Crippen LogP contribution is -3.00. The van der Waals surface area contributed by atoms with Gasteiger partial charge < -0.3 is 38.8 Å². The molecule has 1 N–H and O–H groups in total. The number of carbonyl (C=O) groups is 3. The van der Waals surface area contributed by atoms with Crippen LogP contribution < -0.4 is 49.9 Å². The number of esters is 1. The molecule has 11 heteroatoms. The second kappa shape index (κ2) is 17.6. The molecule has 0 aliphatic carbocycles. The van der Waals surface area contributed by atoms with Crippen LogP contribution in [0.4, 0.5) is 5.69 Å². The number of β-lactam (4-membered cyclic amide) rings is 1. The Morgan fingerprint density at radius 1 is 0.833 bits per heavy atom. The topological polar surface area (TPSA) is 97.3 Å². The molecule has 0 spiro atoms. The van der Waals surface area contributed by atoms with Crippen LogP contribution in [0.15, 0.2) is 156 Å². The molecule has 2 heterocycles. The predicted molar refractivity (Wildman–Crippen MR) is 215 cm³/mol. The van der Waals surface area contributed by atoms with Crippen molar-refractivity contribution in [2.75, 3.05) is 24.3 Å². The lowest BCUT2D eigenvalue weighted by Gasteiger charge is -2.48. The number of amides is 2. The molecule has 2 aliphatic heterocycles. The maximum absolute atomic E-state index is 14.4. The molecule has 0 radical (unpaired) electrons. The third kappa shape index (κ3) is 8.16. The second-order valence-electron chi connectivity index (χ2n) is 12.8. The number of fused-ring (bicyclic) bond motifs is 1. The molecule has 0 bridgehead atoms. The van der Waals surface area contributed by atoms with E-state index in [2.05, 4.69) is 78.1 Å². The minimum absolute atomic E-state index is 0. The van der Waals surface area contributed by atoms with Gasteiger partial charge in [-0.3, -0.25) is 19.5 Å². The molecule has 0 aromatic heterocycles. The van der Waals surface area contributed by atoms with Crippen LogP contribution >= 0.6 is 19.0 Å². The van der Waals surface area contributed by atoms with Crippen molar-refractivity contribution in [3.63, 3.8) is 0 Å². The van der Waals surface area contributed by atoms with Gasteiger partial charge in [-0.25, -0.2) is 4.79 Å². The molecule has 2 unspecified atom stereocenters. The molecule has 5 aromatic carbocycles. The number of methoxy groups -OCH3 is 1. The molecule has 7 rings (SSSR count). The summed E-state index contributed by atoms with van der Waals surface area (Å²) in [6.45, 7) is 1.51. The number of anilines is 1. The molecule has 5 aromatic rings. The smallest absolute Gasteiger partial charge is 0.355 e. The van der Waals surface area contributed by atoms with E-state index in [1.54, 1.807) is 42.1 Å². The highest BCUT2D eigenvalue weighted by molar-refractivity contribution is 8.00. The van der Waals surface area contributed by atoms with Crippen LogP contribution in [0.25, 0.3) is 0 Å². The van der Waals surface area contributed by atoms with Gasteiger partial charge in [0, 0.05) is 30.2 Å². The van der Waals surface area contributed by atoms with Crippen LogP contribution in [0.1, 0.15) is 18.1 Å². The molecule has 2 atom stereocenters. The van der Waals surface area contributed by atoms with E-state index in [-0.39, 0.29) is 47.8 Å². The zero-order valence-corrected chi connectivity index (χ0v) is 33.7. The number of hydrogen-bond donors (Lipinski definition) is 1. The zero-order valence-electron chi connectivity index (χ0n) is 29.8. The van der Waals surface area contributed by atoms with Gasteiger partial charge in [0.15, 0.2) is 6.04 Å². The largest absolute Gasteiger partial charge is 1.00 e. The number of nitrogens with one attached hydrogen (secondary N) is 1. The Labute approximate surface area is 337 Å². The number of aliphatic imine (C=N–C) groups is 1. The number of carbonyl (C=O) groups excluding carboxylic acids is 3. The lowest BCUT2D eigenvalue weighted by atomic mass is 10.0. The zero-order chi connectivity index (χ0) is 36.8. The lowest BCUT2D eigenvalue weighted by molar-refractivity contribution is -0.151. The molecular weight excluding hydrogens is 828 g/mol. The van der Waals surface area contributed by atoms with Gasteiger partial charge in [0.25, 0.3) is 5.91 Å². The Hall–Kier alpha value is -4.77. The maximum Gasteiger partial charge on any atom is 0.355 e. The van der Waals surface area contributed by atoms with Crippen LogP contribution in [-0.4, -0.2) is 59.3 Å². The minimum Gasteiger partial charge on any atom is -1.00 e. The van der Waals surface area contributed by atoms with Crippen molar-refractivity contribution in [3.8, 4) is 5.75 Å². The number of thioether (sulfide) groups is 1. The van der Waals surface area contributed by atoms with E-state index in [0.717, 1.165) is 16.7 Å². The summed E-state index contributed by atoms with van der Waals surface area (Å²) in [6, 6.07) is 45.5. The molecule has 1 fully saturated rings. The first-order valence-electron chi connectivity index (χ1n) is 17.3. The molecule has 54 heavy (non-hydrogen) atoms. The SMILES string of the molecule is COc1ccc(COC(=O)C2=C(C[P+](c3ccccc3)(c3ccccc3)c3ccccc3)CSC3C(N=Cc4ccc(NC(C)=O)cc4)C(=O)N23)cc1.[I-]. The number of hydrogen-bond acceptors (Lipinski definition) is 7. The first-order valence-corrected chi connectivity index (χ1v) is 20.3. The first kappa shape index (κ1) is 38.9. The van der Waals surface area contributed by atoms with E-state index in [1.165, 1.54) is 22.8 Å². The summed E-state index contributed by atoms with van der Waals surface area (Å²) in [5, 5.41) is 5.95. The van der Waals surface area contributed by atoms with Crippen LogP contribution in [0.5, 0.6) is 5.75 Å². The molecular formula is C43H39IN3O5PS. The Balaban J connectivity index is 0.00000497. The Morgan fingerprint density at radius 3 is 1.91 bits per heavy atom. The van der Waals surface area contributed by atoms with Crippen LogP contribution in [0, 0.1) is 0 Å². The van der Waals surface area contributed by atoms with Crippen molar-refractivity contribution in [2.45, 2.75) is 24.9 Å². The van der Waals surface area contributed by atoms with Gasteiger partial charge >= 0.3 is 5.97 Å². The van der Waals surface area contributed by atoms with E-state index in [4.69, 9.17) is 14.5 Å². The number of halogens is 1. The van der Waals surface area contributed by atoms with Crippen LogP contribution in [-0.2, 0) is 25.7 Å². The maximum atomic E-state index is 14.4. The Morgan fingerprint density at radius 2 is 1.39 bits per heavy atom. The van der Waals surface area contributed by atoms with E-state index in [1.807, 2.05) is 54.6 Å². The number of ether oxygens (including phenoxy) is 2. The molecule has 2 aliphatic rings. The third-order valence-electron chi connectivity index (χ3n) is 9.38. The highest BCUT2D eigenvalue weighted by Crippen LogP contribution is 2.58. The summed E-state index contributed by atoms with van der Waals surface area (Å²) in [4.78, 5) is 46.2. The van der Waals surface area contributed by atoms with E-state index in [9.17, 15) is 14.4 Å². The normalized spacial score (nSPS) is 16.6. The van der Waals surface area contributed by atoms with Crippen LogP contribution in [0.3, 0.4) is 0 Å². The van der Waals surface area contributed by atoms with Gasteiger partial charge in [-0.05, 0) is 71.8 Å². The quantitative estimate of drug-likeness (QED) is 0.0681. The highest BCUT2D eigenvalue weighted by atomic mass is 127. The van der Waals surface area contributed by atoms with E-state index < -0.39 is 19.3 Å². The van der Waals surface area contributed by atoms with Gasteiger partial charge in [-0.15, -0.1) is 11.8 Å². The summed E-state index contributed by atoms with van der Waals surface area (Å²) in [6.07, 6.45) is 2.23. The molecule has 2 amide bonds. The summed E-state index contributed by atoms with van der Waals surface area (Å²) >= 11 is 1.63. The molecule has 1 saturated heterocycles. The standard InChI is InChI=1S/C43H38N3O5PS.HI/c1-30(47)45-34-22-18-31(19-23-34)26-44-39-41(48)46-40(43(49)51-27-32-20-24-35(50-2)25-21-32)33(29-53-42(39)46)28-52(36-12-6-3-7-13-36,37-14-8-4-9-15-37)38-16-10-5-11-17-38;/h3-26,39,42H,27-29H2,1-2H3;1H. The average molecular weight is 868 g/mol. The summed E-state index contributed by atoms with van der Waals surface area (Å²) in [7, 11) is -0.789. The third-order valence-corrected chi connectivity index (χ3v) is 15.1. The van der Waals surface area contributed by atoms with Gasteiger partial charge in [-0.1, -0.05) is 78.9 Å². The molecule has 274 valence electrons. The van der Waals surface area contributed by atoms with Gasteiger partial charge in [0.2, 0.25) is 5.91 Å². The number of benzene rings is 5. The predicted octanol–water partition coefficient (Wildman–Crippen LogP) is 3.35. The van der Waals surface area contributed by atoms with Crippen molar-refractivity contribution in [1.29, 1.82) is 0 Å². The summed E-state index contributed by atoms with van der Waals surface area (Å²) in [5.74, 6) is 0.319. The average Bonchev–Trinajstić information content (AvgIpc) is 3.20. The second-order valence-corrected chi connectivity index (χ2v) is 17.4. The van der Waals surface area contributed by atoms with Gasteiger partial charge in [0.05, 0.1) is 13.3 Å². The van der Waals surface area contributed by atoms with Gasteiger partial charge in [-0.2, -0.15) is 0 Å². The Bertz CT molecular complexity index is 2050. The number of rotatable bonds is 12. The fourth-order valence-electron chi connectivity index (χ4n) is 6.79. The Kier molecular flexibility index (Phi) is 12.7.